The molecule has 0 atom stereocenters. The van der Waals surface area contributed by atoms with Crippen molar-refractivity contribution in [2.45, 2.75) is 60.0 Å². The third-order valence-corrected chi connectivity index (χ3v) is 6.26. The number of para-hydroxylation sites is 1. The summed E-state index contributed by atoms with van der Waals surface area (Å²) < 4.78 is 19.9. The highest BCUT2D eigenvalue weighted by molar-refractivity contribution is 5.72. The minimum atomic E-state index is -0.386. The van der Waals surface area contributed by atoms with E-state index in [0.717, 1.165) is 35.2 Å². The minimum Gasteiger partial charge on any atom is -0.289 e. The Kier molecular flexibility index (Phi) is 7.58. The number of aromatic nitrogens is 6. The Morgan fingerprint density at radius 3 is 2.29 bits per heavy atom. The van der Waals surface area contributed by atoms with E-state index in [0.29, 0.717) is 37.0 Å². The first kappa shape index (κ1) is 24.6. The van der Waals surface area contributed by atoms with E-state index in [-0.39, 0.29) is 11.6 Å². The molecule has 0 saturated carbocycles. The van der Waals surface area contributed by atoms with Crippen LogP contribution in [0, 0.1) is 17.8 Å². The van der Waals surface area contributed by atoms with Crippen LogP contribution in [-0.4, -0.2) is 29.3 Å². The lowest BCUT2D eigenvalue weighted by atomic mass is 10.0. The van der Waals surface area contributed by atoms with Crippen molar-refractivity contribution < 1.29 is 4.39 Å². The van der Waals surface area contributed by atoms with Crippen molar-refractivity contribution in [2.24, 2.45) is 11.8 Å². The number of imidazole rings is 1. The molecule has 8 heteroatoms. The van der Waals surface area contributed by atoms with Gasteiger partial charge in [-0.2, -0.15) is 9.07 Å². The second-order valence-corrected chi connectivity index (χ2v) is 9.84. The molecular weight excluding hydrogens is 443 g/mol. The Balaban J connectivity index is 1.63. The molecule has 0 N–H and O–H groups in total. The smallest absolute Gasteiger partial charge is 0.289 e. The SMILES string of the molecule is CC(C)CCc1c(F)n(CCC(C)C)c(=O)n1Cc1ccc(-c2ccccc2-n2cnnn2)cc1. The molecule has 2 aromatic carbocycles. The molecule has 35 heavy (non-hydrogen) atoms. The Morgan fingerprint density at radius 2 is 1.63 bits per heavy atom. The number of nitrogens with zero attached hydrogens (tertiary/aromatic N) is 6. The molecule has 0 aliphatic carbocycles. The number of hydrogen-bond donors (Lipinski definition) is 0. The monoisotopic (exact) mass is 476 g/mol. The highest BCUT2D eigenvalue weighted by atomic mass is 19.1. The van der Waals surface area contributed by atoms with Gasteiger partial charge in [0.2, 0.25) is 5.95 Å². The van der Waals surface area contributed by atoms with Crippen LogP contribution >= 0.6 is 0 Å². The molecule has 0 aliphatic heterocycles. The summed E-state index contributed by atoms with van der Waals surface area (Å²) in [6.07, 6.45) is 3.71. The number of rotatable bonds is 10. The Hall–Kier alpha value is -3.55. The summed E-state index contributed by atoms with van der Waals surface area (Å²) in [5.74, 6) is 0.437. The minimum absolute atomic E-state index is 0.269. The molecule has 4 rings (SSSR count). The van der Waals surface area contributed by atoms with E-state index in [9.17, 15) is 4.79 Å². The maximum Gasteiger partial charge on any atom is 0.330 e. The lowest BCUT2D eigenvalue weighted by Crippen LogP contribution is -2.26. The molecule has 0 bridgehead atoms. The summed E-state index contributed by atoms with van der Waals surface area (Å²) in [7, 11) is 0. The Bertz CT molecular complexity index is 1300. The van der Waals surface area contributed by atoms with Crippen molar-refractivity contribution in [1.82, 2.24) is 29.3 Å². The average Bonchev–Trinajstić information content (AvgIpc) is 3.45. The molecule has 0 amide bonds. The van der Waals surface area contributed by atoms with Gasteiger partial charge >= 0.3 is 5.69 Å². The van der Waals surface area contributed by atoms with Gasteiger partial charge in [0.15, 0.2) is 0 Å². The number of tetrazole rings is 1. The van der Waals surface area contributed by atoms with E-state index >= 15 is 4.39 Å². The molecule has 0 aliphatic rings. The van der Waals surface area contributed by atoms with Gasteiger partial charge in [-0.05, 0) is 58.7 Å². The van der Waals surface area contributed by atoms with Crippen LogP contribution in [-0.2, 0) is 19.5 Å². The highest BCUT2D eigenvalue weighted by Crippen LogP contribution is 2.26. The summed E-state index contributed by atoms with van der Waals surface area (Å²) >= 11 is 0. The van der Waals surface area contributed by atoms with Crippen molar-refractivity contribution >= 4 is 0 Å². The fourth-order valence-corrected chi connectivity index (χ4v) is 4.18. The maximum absolute atomic E-state index is 15.3. The largest absolute Gasteiger partial charge is 0.330 e. The van der Waals surface area contributed by atoms with Crippen molar-refractivity contribution in [3.8, 4) is 16.8 Å². The zero-order valence-corrected chi connectivity index (χ0v) is 20.9. The van der Waals surface area contributed by atoms with Crippen molar-refractivity contribution in [3.63, 3.8) is 0 Å². The summed E-state index contributed by atoms with van der Waals surface area (Å²) in [4.78, 5) is 13.2. The summed E-state index contributed by atoms with van der Waals surface area (Å²) in [6, 6.07) is 15.9. The molecule has 2 aromatic heterocycles. The van der Waals surface area contributed by atoms with E-state index in [1.54, 1.807) is 15.6 Å². The van der Waals surface area contributed by atoms with Gasteiger partial charge in [-0.15, -0.1) is 5.10 Å². The predicted molar refractivity (Wildman–Crippen MR) is 135 cm³/mol. The molecule has 0 spiro atoms. The predicted octanol–water partition coefficient (Wildman–Crippen LogP) is 5.11. The zero-order chi connectivity index (χ0) is 24.9. The third-order valence-electron chi connectivity index (χ3n) is 6.26. The molecule has 0 fully saturated rings. The first-order valence-electron chi connectivity index (χ1n) is 12.2. The summed E-state index contributed by atoms with van der Waals surface area (Å²) in [6.45, 7) is 9.13. The topological polar surface area (TPSA) is 70.5 Å². The van der Waals surface area contributed by atoms with Crippen LogP contribution in [0.25, 0.3) is 16.8 Å². The third kappa shape index (κ3) is 5.58. The van der Waals surface area contributed by atoms with Crippen LogP contribution < -0.4 is 5.69 Å². The molecule has 0 radical (unpaired) electrons. The van der Waals surface area contributed by atoms with E-state index < -0.39 is 0 Å². The molecular formula is C27H33FN6O. The van der Waals surface area contributed by atoms with Crippen molar-refractivity contribution in [2.75, 3.05) is 0 Å². The molecule has 0 unspecified atom stereocenters. The van der Waals surface area contributed by atoms with Crippen LogP contribution in [0.2, 0.25) is 0 Å². The second-order valence-electron chi connectivity index (χ2n) is 9.84. The average molecular weight is 477 g/mol. The van der Waals surface area contributed by atoms with Gasteiger partial charge in [-0.1, -0.05) is 70.2 Å². The quantitative estimate of drug-likeness (QED) is 0.319. The van der Waals surface area contributed by atoms with E-state index in [2.05, 4.69) is 43.2 Å². The first-order chi connectivity index (χ1) is 16.8. The molecule has 7 nitrogen and oxygen atoms in total. The van der Waals surface area contributed by atoms with E-state index in [1.807, 2.05) is 48.5 Å². The molecule has 2 heterocycles. The molecule has 4 aromatic rings. The van der Waals surface area contributed by atoms with Gasteiger partial charge in [0.1, 0.15) is 6.33 Å². The van der Waals surface area contributed by atoms with Crippen LogP contribution in [0.15, 0.2) is 59.7 Å². The van der Waals surface area contributed by atoms with Crippen LogP contribution in [0.5, 0.6) is 0 Å². The van der Waals surface area contributed by atoms with Gasteiger partial charge in [0, 0.05) is 12.1 Å². The van der Waals surface area contributed by atoms with Gasteiger partial charge < -0.3 is 0 Å². The summed E-state index contributed by atoms with van der Waals surface area (Å²) in [5, 5.41) is 11.5. The van der Waals surface area contributed by atoms with Crippen molar-refractivity contribution in [3.05, 3.63) is 82.5 Å². The maximum atomic E-state index is 15.3. The lowest BCUT2D eigenvalue weighted by molar-refractivity contribution is 0.432. The zero-order valence-electron chi connectivity index (χ0n) is 20.9. The summed E-state index contributed by atoms with van der Waals surface area (Å²) in [5.41, 5.74) is 4.06. The highest BCUT2D eigenvalue weighted by Gasteiger charge is 2.20. The van der Waals surface area contributed by atoms with Gasteiger partial charge in [0.05, 0.1) is 17.9 Å². The lowest BCUT2D eigenvalue weighted by Gasteiger charge is -2.11. The van der Waals surface area contributed by atoms with Crippen molar-refractivity contribution in [1.29, 1.82) is 0 Å². The second kappa shape index (κ2) is 10.8. The fraction of sp³-hybridized carbons (Fsp3) is 0.407. The van der Waals surface area contributed by atoms with Gasteiger partial charge in [-0.3, -0.25) is 9.13 Å². The van der Waals surface area contributed by atoms with Gasteiger partial charge in [-0.25, -0.2) is 4.79 Å². The number of hydrogen-bond acceptors (Lipinski definition) is 4. The van der Waals surface area contributed by atoms with Crippen LogP contribution in [0.1, 0.15) is 51.8 Å². The molecule has 0 saturated heterocycles. The molecule has 184 valence electrons. The van der Waals surface area contributed by atoms with E-state index in [4.69, 9.17) is 0 Å². The van der Waals surface area contributed by atoms with Gasteiger partial charge in [0.25, 0.3) is 0 Å². The Labute approximate surface area is 205 Å². The number of benzene rings is 2. The normalized spacial score (nSPS) is 11.6. The van der Waals surface area contributed by atoms with Crippen LogP contribution in [0.3, 0.4) is 0 Å². The standard InChI is InChI=1S/C27H33FN6O/c1-19(2)9-14-25-26(28)32(16-15-20(3)4)27(35)33(25)17-21-10-12-22(13-11-21)23-7-5-6-8-24(23)34-18-29-30-31-34/h5-8,10-13,18-20H,9,14-17H2,1-4H3. The number of halogens is 1. The Morgan fingerprint density at radius 1 is 0.914 bits per heavy atom. The first-order valence-corrected chi connectivity index (χ1v) is 12.2. The van der Waals surface area contributed by atoms with E-state index in [1.165, 1.54) is 4.57 Å². The fourth-order valence-electron chi connectivity index (χ4n) is 4.18. The van der Waals surface area contributed by atoms with Crippen LogP contribution in [0.4, 0.5) is 4.39 Å².